The van der Waals surface area contributed by atoms with Crippen LogP contribution in [-0.2, 0) is 14.3 Å². The third-order valence-electron chi connectivity index (χ3n) is 7.06. The minimum Gasteiger partial charge on any atom is -0.454 e. The van der Waals surface area contributed by atoms with Crippen molar-refractivity contribution < 1.29 is 23.9 Å². The monoisotopic (exact) mass is 501 g/mol. The Hall–Kier alpha value is -3.77. The summed E-state index contributed by atoms with van der Waals surface area (Å²) in [7, 11) is 0. The summed E-state index contributed by atoms with van der Waals surface area (Å²) in [6.07, 6.45) is 2.21. The van der Waals surface area contributed by atoms with Crippen LogP contribution in [0.25, 0.3) is 0 Å². The lowest BCUT2D eigenvalue weighted by Gasteiger charge is -2.28. The fraction of sp³-hybridized carbons (Fsp3) is 0.241. The number of carbonyl (C=O) groups is 4. The molecule has 1 saturated carbocycles. The molecular weight excluding hydrogens is 478 g/mol. The Morgan fingerprint density at radius 3 is 2.14 bits per heavy atom. The zero-order valence-corrected chi connectivity index (χ0v) is 20.2. The summed E-state index contributed by atoms with van der Waals surface area (Å²) in [5.74, 6) is -1.75. The normalized spacial score (nSPS) is 21.2. The Labute approximate surface area is 213 Å². The van der Waals surface area contributed by atoms with E-state index in [4.69, 9.17) is 16.3 Å². The summed E-state index contributed by atoms with van der Waals surface area (Å²) in [6, 6.07) is 22.6. The molecule has 2 aliphatic rings. The van der Waals surface area contributed by atoms with Crippen LogP contribution < -0.4 is 4.90 Å². The van der Waals surface area contributed by atoms with Gasteiger partial charge in [-0.1, -0.05) is 41.9 Å². The van der Waals surface area contributed by atoms with Gasteiger partial charge in [-0.2, -0.15) is 0 Å². The molecule has 3 aromatic carbocycles. The highest BCUT2D eigenvalue weighted by atomic mass is 35.5. The van der Waals surface area contributed by atoms with Crippen LogP contribution >= 0.6 is 11.6 Å². The lowest BCUT2D eigenvalue weighted by atomic mass is 9.73. The first kappa shape index (κ1) is 23.9. The number of anilines is 1. The van der Waals surface area contributed by atoms with Crippen LogP contribution in [0.15, 0.2) is 78.9 Å². The number of rotatable bonds is 6. The van der Waals surface area contributed by atoms with E-state index >= 15 is 0 Å². The molecule has 0 radical (unpaired) electrons. The SMILES string of the molecule is O=C(COC(=O)c1ccc(N2C(=O)[C@H]3C[C@@H](c4ccccc4)CC[C@H]3C2=O)cc1)c1ccc(Cl)cc1. The average molecular weight is 502 g/mol. The second-order valence-electron chi connectivity index (χ2n) is 9.20. The van der Waals surface area contributed by atoms with E-state index in [1.54, 1.807) is 36.4 Å². The van der Waals surface area contributed by atoms with Crippen molar-refractivity contribution in [1.29, 1.82) is 0 Å². The largest absolute Gasteiger partial charge is 0.454 e. The fourth-order valence-electron chi connectivity index (χ4n) is 5.14. The highest BCUT2D eigenvalue weighted by molar-refractivity contribution is 6.30. The zero-order chi connectivity index (χ0) is 25.2. The molecule has 182 valence electrons. The molecule has 0 N–H and O–H groups in total. The van der Waals surface area contributed by atoms with Gasteiger partial charge in [-0.3, -0.25) is 19.3 Å². The lowest BCUT2D eigenvalue weighted by molar-refractivity contribution is -0.122. The number of imide groups is 1. The number of nitrogens with zero attached hydrogens (tertiary/aromatic N) is 1. The van der Waals surface area contributed by atoms with Crippen molar-refractivity contribution in [2.45, 2.75) is 25.2 Å². The standard InChI is InChI=1S/C29H24ClNO5/c30-22-11-6-19(7-12-22)26(32)17-36-29(35)20-8-13-23(14-9-20)31-27(33)24-15-10-21(16-25(24)28(31)34)18-4-2-1-3-5-18/h1-9,11-14,21,24-25H,10,15-17H2/t21-,24+,25-/m0/s1. The van der Waals surface area contributed by atoms with Crippen molar-refractivity contribution >= 4 is 40.9 Å². The third-order valence-corrected chi connectivity index (χ3v) is 7.31. The number of hydrogen-bond acceptors (Lipinski definition) is 5. The Morgan fingerprint density at radius 2 is 1.44 bits per heavy atom. The van der Waals surface area contributed by atoms with Gasteiger partial charge < -0.3 is 4.74 Å². The van der Waals surface area contributed by atoms with E-state index in [2.05, 4.69) is 12.1 Å². The summed E-state index contributed by atoms with van der Waals surface area (Å²) >= 11 is 5.83. The molecule has 1 saturated heterocycles. The van der Waals surface area contributed by atoms with Crippen LogP contribution in [0.1, 0.15) is 51.5 Å². The number of esters is 1. The quantitative estimate of drug-likeness (QED) is 0.255. The van der Waals surface area contributed by atoms with Gasteiger partial charge in [-0.25, -0.2) is 4.79 Å². The topological polar surface area (TPSA) is 80.8 Å². The maximum atomic E-state index is 13.2. The smallest absolute Gasteiger partial charge is 0.338 e. The predicted molar refractivity (Wildman–Crippen MR) is 135 cm³/mol. The number of amides is 2. The number of fused-ring (bicyclic) bond motifs is 1. The van der Waals surface area contributed by atoms with Crippen molar-refractivity contribution in [2.24, 2.45) is 11.8 Å². The molecule has 0 aromatic heterocycles. The van der Waals surface area contributed by atoms with Crippen molar-refractivity contribution in [3.8, 4) is 0 Å². The van der Waals surface area contributed by atoms with Gasteiger partial charge >= 0.3 is 5.97 Å². The molecule has 6 nitrogen and oxygen atoms in total. The number of benzene rings is 3. The van der Waals surface area contributed by atoms with Crippen LogP contribution in [0, 0.1) is 11.8 Å². The van der Waals surface area contributed by atoms with E-state index in [9.17, 15) is 19.2 Å². The molecule has 7 heteroatoms. The van der Waals surface area contributed by atoms with Gasteiger partial charge in [0.15, 0.2) is 12.4 Å². The molecule has 5 rings (SSSR count). The van der Waals surface area contributed by atoms with Gasteiger partial charge in [0.1, 0.15) is 0 Å². The van der Waals surface area contributed by atoms with Crippen molar-refractivity contribution in [1.82, 2.24) is 0 Å². The molecule has 1 heterocycles. The highest BCUT2D eigenvalue weighted by Crippen LogP contribution is 2.45. The summed E-state index contributed by atoms with van der Waals surface area (Å²) in [5.41, 5.74) is 2.25. The maximum Gasteiger partial charge on any atom is 0.338 e. The molecule has 0 bridgehead atoms. The first-order valence-electron chi connectivity index (χ1n) is 11.9. The average Bonchev–Trinajstić information content (AvgIpc) is 3.17. The Morgan fingerprint density at radius 1 is 0.806 bits per heavy atom. The molecular formula is C29H24ClNO5. The van der Waals surface area contributed by atoms with E-state index in [0.717, 1.165) is 6.42 Å². The van der Waals surface area contributed by atoms with Crippen molar-refractivity contribution in [2.75, 3.05) is 11.5 Å². The van der Waals surface area contributed by atoms with Gasteiger partial charge in [0.05, 0.1) is 23.1 Å². The molecule has 3 aromatic rings. The van der Waals surface area contributed by atoms with Gasteiger partial charge in [0.25, 0.3) is 0 Å². The molecule has 1 aliphatic carbocycles. The first-order chi connectivity index (χ1) is 17.4. The zero-order valence-electron chi connectivity index (χ0n) is 19.4. The number of ether oxygens (including phenoxy) is 1. The second kappa shape index (κ2) is 10.1. The Bertz CT molecular complexity index is 1300. The molecule has 2 amide bonds. The first-order valence-corrected chi connectivity index (χ1v) is 12.3. The van der Waals surface area contributed by atoms with Crippen LogP contribution in [0.5, 0.6) is 0 Å². The molecule has 0 unspecified atom stereocenters. The summed E-state index contributed by atoms with van der Waals surface area (Å²) in [5, 5.41) is 0.508. The van der Waals surface area contributed by atoms with Crippen LogP contribution in [0.4, 0.5) is 5.69 Å². The molecule has 2 fully saturated rings. The van der Waals surface area contributed by atoms with Gasteiger partial charge in [-0.05, 0) is 79.3 Å². The van der Waals surface area contributed by atoms with Gasteiger partial charge in [0.2, 0.25) is 11.8 Å². The van der Waals surface area contributed by atoms with Crippen molar-refractivity contribution in [3.63, 3.8) is 0 Å². The number of halogens is 1. The van der Waals surface area contributed by atoms with Gasteiger partial charge in [-0.15, -0.1) is 0 Å². The second-order valence-corrected chi connectivity index (χ2v) is 9.64. The summed E-state index contributed by atoms with van der Waals surface area (Å²) < 4.78 is 5.14. The fourth-order valence-corrected chi connectivity index (χ4v) is 5.27. The van der Waals surface area contributed by atoms with E-state index in [1.807, 2.05) is 18.2 Å². The van der Waals surface area contributed by atoms with E-state index in [0.29, 0.717) is 29.1 Å². The lowest BCUT2D eigenvalue weighted by Crippen LogP contribution is -2.30. The predicted octanol–water partition coefficient (Wildman–Crippen LogP) is 5.45. The minimum absolute atomic E-state index is 0.180. The molecule has 0 spiro atoms. The maximum absolute atomic E-state index is 13.2. The van der Waals surface area contributed by atoms with Crippen molar-refractivity contribution in [3.05, 3.63) is 101 Å². The third kappa shape index (κ3) is 4.69. The number of Topliss-reactive ketones (excluding diaryl/α,β-unsaturated/α-hetero) is 1. The Balaban J connectivity index is 1.23. The molecule has 1 aliphatic heterocycles. The number of ketones is 1. The van der Waals surface area contributed by atoms with Crippen LogP contribution in [-0.4, -0.2) is 30.2 Å². The van der Waals surface area contributed by atoms with E-state index in [-0.39, 0.29) is 40.9 Å². The van der Waals surface area contributed by atoms with E-state index < -0.39 is 12.6 Å². The Kier molecular flexibility index (Phi) is 6.70. The molecule has 3 atom stereocenters. The highest BCUT2D eigenvalue weighted by Gasteiger charge is 2.50. The molecule has 36 heavy (non-hydrogen) atoms. The van der Waals surface area contributed by atoms with E-state index in [1.165, 1.54) is 22.6 Å². The number of hydrogen-bond donors (Lipinski definition) is 0. The van der Waals surface area contributed by atoms with Crippen LogP contribution in [0.2, 0.25) is 5.02 Å². The van der Waals surface area contributed by atoms with Gasteiger partial charge in [0, 0.05) is 10.6 Å². The summed E-state index contributed by atoms with van der Waals surface area (Å²) in [6.45, 7) is -0.406. The minimum atomic E-state index is -0.665. The van der Waals surface area contributed by atoms with Crippen LogP contribution in [0.3, 0.4) is 0 Å². The summed E-state index contributed by atoms with van der Waals surface area (Å²) in [4.78, 5) is 52.3. The number of carbonyl (C=O) groups excluding carboxylic acids is 4.